The molecule has 3 amide bonds. The molecule has 32 heavy (non-hydrogen) atoms. The number of piperidine rings is 2. The molecule has 2 fully saturated rings. The number of fused-ring (bicyclic) bond motifs is 2. The van der Waals surface area contributed by atoms with Crippen molar-refractivity contribution >= 4 is 17.8 Å². The number of hydrogen-bond acceptors (Lipinski definition) is 4. The van der Waals surface area contributed by atoms with Crippen molar-refractivity contribution in [1.29, 1.82) is 0 Å². The fourth-order valence-corrected chi connectivity index (χ4v) is 5.62. The van der Waals surface area contributed by atoms with Gasteiger partial charge in [-0.2, -0.15) is 0 Å². The van der Waals surface area contributed by atoms with Crippen LogP contribution in [-0.2, 0) is 10.2 Å². The number of terminal acetylenes is 1. The molecule has 0 unspecified atom stereocenters. The first-order valence-electron chi connectivity index (χ1n) is 11.6. The van der Waals surface area contributed by atoms with Crippen molar-refractivity contribution in [3.8, 4) is 12.3 Å². The highest BCUT2D eigenvalue weighted by Gasteiger charge is 2.43. The molecule has 1 aromatic rings. The summed E-state index contributed by atoms with van der Waals surface area (Å²) in [5.41, 5.74) is 2.55. The summed E-state index contributed by atoms with van der Waals surface area (Å²) in [5, 5.41) is 0. The minimum absolute atomic E-state index is 0.0337. The van der Waals surface area contributed by atoms with E-state index in [2.05, 4.69) is 29.0 Å². The van der Waals surface area contributed by atoms with Crippen LogP contribution >= 0.6 is 0 Å². The molecular formula is C25H34N4O3. The lowest BCUT2D eigenvalue weighted by Gasteiger charge is -2.50. The highest BCUT2D eigenvalue weighted by molar-refractivity contribution is 5.93. The number of urea groups is 1. The van der Waals surface area contributed by atoms with Gasteiger partial charge in [0.05, 0.1) is 0 Å². The van der Waals surface area contributed by atoms with E-state index in [1.807, 2.05) is 25.1 Å². The van der Waals surface area contributed by atoms with Crippen molar-refractivity contribution in [2.45, 2.75) is 43.6 Å². The van der Waals surface area contributed by atoms with Crippen molar-refractivity contribution in [3.63, 3.8) is 0 Å². The summed E-state index contributed by atoms with van der Waals surface area (Å²) in [4.78, 5) is 32.7. The van der Waals surface area contributed by atoms with Gasteiger partial charge in [-0.15, -0.1) is 6.42 Å². The van der Waals surface area contributed by atoms with Crippen molar-refractivity contribution in [2.75, 3.05) is 58.3 Å². The number of nitrogens with zero attached hydrogens (tertiary/aromatic N) is 4. The molecule has 0 aromatic heterocycles. The molecule has 7 heteroatoms. The fourth-order valence-electron chi connectivity index (χ4n) is 5.62. The molecule has 3 aliphatic rings. The number of benzene rings is 1. The van der Waals surface area contributed by atoms with Crippen LogP contribution in [0, 0.1) is 12.3 Å². The molecule has 3 aliphatic heterocycles. The topological polar surface area (TPSA) is 56.3 Å². The number of hydrogen-bond donors (Lipinski definition) is 0. The van der Waals surface area contributed by atoms with E-state index in [0.29, 0.717) is 6.04 Å². The molecule has 172 valence electrons. The molecule has 1 aromatic carbocycles. The molecule has 1 spiro atoms. The molecule has 0 aliphatic carbocycles. The third-order valence-corrected chi connectivity index (χ3v) is 7.47. The Balaban J connectivity index is 1.38. The summed E-state index contributed by atoms with van der Waals surface area (Å²) in [6.07, 6.45) is 10.1. The largest absolute Gasteiger partial charge is 0.436 e. The van der Waals surface area contributed by atoms with Crippen LogP contribution in [0.4, 0.5) is 15.3 Å². The van der Waals surface area contributed by atoms with Crippen molar-refractivity contribution in [1.82, 2.24) is 14.7 Å². The summed E-state index contributed by atoms with van der Waals surface area (Å²) < 4.78 is 5.07. The predicted octanol–water partition coefficient (Wildman–Crippen LogP) is 3.15. The van der Waals surface area contributed by atoms with Crippen LogP contribution in [-0.4, -0.2) is 86.3 Å². The van der Waals surface area contributed by atoms with Gasteiger partial charge >= 0.3 is 12.1 Å². The van der Waals surface area contributed by atoms with Crippen LogP contribution in [0.3, 0.4) is 0 Å². The van der Waals surface area contributed by atoms with Crippen LogP contribution in [0.1, 0.15) is 37.7 Å². The normalized spacial score (nSPS) is 21.0. The summed E-state index contributed by atoms with van der Waals surface area (Å²) in [6, 6.07) is 9.02. The Kier molecular flexibility index (Phi) is 6.61. The van der Waals surface area contributed by atoms with Crippen LogP contribution < -0.4 is 4.90 Å². The highest BCUT2D eigenvalue weighted by Crippen LogP contribution is 2.47. The Bertz CT molecular complexity index is 877. The van der Waals surface area contributed by atoms with Crippen molar-refractivity contribution in [3.05, 3.63) is 29.8 Å². The van der Waals surface area contributed by atoms with Gasteiger partial charge in [-0.1, -0.05) is 24.1 Å². The number of para-hydroxylation sites is 1. The lowest BCUT2D eigenvalue weighted by Crippen LogP contribution is -2.54. The molecule has 3 heterocycles. The van der Waals surface area contributed by atoms with Gasteiger partial charge in [0.1, 0.15) is 0 Å². The Morgan fingerprint density at radius 2 is 1.75 bits per heavy atom. The van der Waals surface area contributed by atoms with E-state index in [4.69, 9.17) is 11.2 Å². The van der Waals surface area contributed by atoms with E-state index in [1.165, 1.54) is 5.56 Å². The second kappa shape index (κ2) is 9.41. The van der Waals surface area contributed by atoms with Crippen molar-refractivity contribution < 1.29 is 14.3 Å². The van der Waals surface area contributed by atoms with E-state index in [1.54, 1.807) is 9.80 Å². The Hall–Kier alpha value is -2.72. The highest BCUT2D eigenvalue weighted by atomic mass is 16.6. The van der Waals surface area contributed by atoms with E-state index in [0.717, 1.165) is 70.5 Å². The van der Waals surface area contributed by atoms with Crippen molar-refractivity contribution in [2.24, 2.45) is 0 Å². The smallest absolute Gasteiger partial charge is 0.410 e. The second-order valence-electron chi connectivity index (χ2n) is 9.39. The number of carbonyl (C=O) groups is 2. The molecule has 0 atom stereocenters. The lowest BCUT2D eigenvalue weighted by atomic mass is 9.67. The molecule has 0 bridgehead atoms. The lowest BCUT2D eigenvalue weighted by molar-refractivity contribution is 0.0564. The molecule has 0 N–H and O–H groups in total. The first-order valence-corrected chi connectivity index (χ1v) is 11.6. The third kappa shape index (κ3) is 4.29. The molecule has 0 radical (unpaired) electrons. The van der Waals surface area contributed by atoms with Crippen LogP contribution in [0.15, 0.2) is 24.3 Å². The maximum atomic E-state index is 12.7. The van der Waals surface area contributed by atoms with Crippen LogP contribution in [0.2, 0.25) is 0 Å². The zero-order chi connectivity index (χ0) is 22.7. The van der Waals surface area contributed by atoms with Crippen LogP contribution in [0.25, 0.3) is 0 Å². The predicted molar refractivity (Wildman–Crippen MR) is 125 cm³/mol. The summed E-state index contributed by atoms with van der Waals surface area (Å²) >= 11 is 0. The standard InChI is InChI=1S/C25H34N4O3/c1-4-19-32-24(31)28-14-9-20(10-15-28)27-16-11-25(12-17-27)13-18-29(23(30)26(2)3)22-8-6-5-7-21(22)25/h1,5-8,20H,9-19H2,2-3H3. The number of carbonyl (C=O) groups excluding carboxylic acids is 2. The Labute approximate surface area is 191 Å². The zero-order valence-electron chi connectivity index (χ0n) is 19.3. The van der Waals surface area contributed by atoms with E-state index >= 15 is 0 Å². The zero-order valence-corrected chi connectivity index (χ0v) is 19.3. The first-order chi connectivity index (χ1) is 15.4. The number of anilines is 1. The van der Waals surface area contributed by atoms with Gasteiger partial charge in [-0.05, 0) is 56.8 Å². The van der Waals surface area contributed by atoms with Gasteiger partial charge in [-0.3, -0.25) is 4.90 Å². The minimum atomic E-state index is -0.297. The molecular weight excluding hydrogens is 404 g/mol. The second-order valence-corrected chi connectivity index (χ2v) is 9.39. The van der Waals surface area contributed by atoms with Gasteiger partial charge in [0, 0.05) is 50.9 Å². The van der Waals surface area contributed by atoms with E-state index < -0.39 is 0 Å². The van der Waals surface area contributed by atoms with Crippen LogP contribution in [0.5, 0.6) is 0 Å². The average molecular weight is 439 g/mol. The number of likely N-dealkylation sites (tertiary alicyclic amines) is 2. The Morgan fingerprint density at radius 1 is 1.09 bits per heavy atom. The van der Waals surface area contributed by atoms with E-state index in [-0.39, 0.29) is 24.1 Å². The monoisotopic (exact) mass is 438 g/mol. The summed E-state index contributed by atoms with van der Waals surface area (Å²) in [7, 11) is 3.63. The molecule has 7 nitrogen and oxygen atoms in total. The molecule has 2 saturated heterocycles. The summed E-state index contributed by atoms with van der Waals surface area (Å²) in [5.74, 6) is 2.35. The third-order valence-electron chi connectivity index (χ3n) is 7.47. The summed E-state index contributed by atoms with van der Waals surface area (Å²) in [6.45, 7) is 4.36. The SMILES string of the molecule is C#CCOC(=O)N1CCC(N2CCC3(CCN(C(=O)N(C)C)c4ccccc43)CC2)CC1. The van der Waals surface area contributed by atoms with Gasteiger partial charge in [0.15, 0.2) is 6.61 Å². The number of rotatable bonds is 2. The van der Waals surface area contributed by atoms with Gasteiger partial charge in [0.2, 0.25) is 0 Å². The van der Waals surface area contributed by atoms with Gasteiger partial charge in [-0.25, -0.2) is 9.59 Å². The number of amides is 3. The minimum Gasteiger partial charge on any atom is -0.436 e. The average Bonchev–Trinajstić information content (AvgIpc) is 2.83. The fraction of sp³-hybridized carbons (Fsp3) is 0.600. The Morgan fingerprint density at radius 3 is 2.41 bits per heavy atom. The van der Waals surface area contributed by atoms with Gasteiger partial charge < -0.3 is 19.4 Å². The number of ether oxygens (including phenoxy) is 1. The first kappa shape index (κ1) is 22.5. The quantitative estimate of drug-likeness (QED) is 0.666. The van der Waals surface area contributed by atoms with E-state index in [9.17, 15) is 9.59 Å². The molecule has 4 rings (SSSR count). The maximum absolute atomic E-state index is 12.7. The van der Waals surface area contributed by atoms with Gasteiger partial charge in [0.25, 0.3) is 0 Å². The molecule has 0 saturated carbocycles. The maximum Gasteiger partial charge on any atom is 0.410 e.